The van der Waals surface area contributed by atoms with E-state index in [2.05, 4.69) is 28.3 Å². The van der Waals surface area contributed by atoms with Gasteiger partial charge in [-0.05, 0) is 42.9 Å². The number of para-hydroxylation sites is 1. The second-order valence-electron chi connectivity index (χ2n) is 6.04. The van der Waals surface area contributed by atoms with Crippen LogP contribution in [-0.4, -0.2) is 9.97 Å². The van der Waals surface area contributed by atoms with Crippen LogP contribution in [0.15, 0.2) is 30.6 Å². The van der Waals surface area contributed by atoms with Gasteiger partial charge in [-0.25, -0.2) is 9.97 Å². The summed E-state index contributed by atoms with van der Waals surface area (Å²) in [5, 5.41) is 13.8. The van der Waals surface area contributed by atoms with Crippen molar-refractivity contribution in [2.75, 3.05) is 5.32 Å². The van der Waals surface area contributed by atoms with Crippen LogP contribution in [0.3, 0.4) is 0 Å². The largest absolute Gasteiger partial charge is 0.338 e. The Hall–Kier alpha value is -2.45. The summed E-state index contributed by atoms with van der Waals surface area (Å²) in [7, 11) is 0. The standard InChI is InChI=1S/C18H16N4S/c1-11-6-7-15-13(8-11)16-17(20-10-21-18(16)23-15)22-14-5-3-2-4-12(14)9-19/h2-5,10-11H,6-8H2,1H3,(H,20,21,22). The van der Waals surface area contributed by atoms with E-state index in [0.717, 1.165) is 34.6 Å². The summed E-state index contributed by atoms with van der Waals surface area (Å²) in [6.45, 7) is 2.30. The van der Waals surface area contributed by atoms with Crippen molar-refractivity contribution >= 4 is 33.1 Å². The number of aromatic nitrogens is 2. The van der Waals surface area contributed by atoms with E-state index in [4.69, 9.17) is 0 Å². The van der Waals surface area contributed by atoms with Crippen LogP contribution in [0.25, 0.3) is 10.2 Å². The molecule has 1 N–H and O–H groups in total. The van der Waals surface area contributed by atoms with Crippen molar-refractivity contribution in [3.63, 3.8) is 0 Å². The molecule has 2 heterocycles. The lowest BCUT2D eigenvalue weighted by Crippen LogP contribution is -2.09. The van der Waals surface area contributed by atoms with Gasteiger partial charge < -0.3 is 5.32 Å². The van der Waals surface area contributed by atoms with Crippen LogP contribution >= 0.6 is 11.3 Å². The minimum absolute atomic E-state index is 0.622. The molecule has 0 bridgehead atoms. The van der Waals surface area contributed by atoms with Crippen LogP contribution in [0.2, 0.25) is 0 Å². The molecule has 0 fully saturated rings. The molecule has 0 saturated carbocycles. The smallest absolute Gasteiger partial charge is 0.142 e. The van der Waals surface area contributed by atoms with Crippen LogP contribution in [-0.2, 0) is 12.8 Å². The van der Waals surface area contributed by atoms with Gasteiger partial charge in [0.1, 0.15) is 23.0 Å². The fourth-order valence-electron chi connectivity index (χ4n) is 3.19. The first-order chi connectivity index (χ1) is 11.3. The average molecular weight is 320 g/mol. The molecule has 0 aliphatic heterocycles. The fraction of sp³-hybridized carbons (Fsp3) is 0.278. The van der Waals surface area contributed by atoms with Gasteiger partial charge in [-0.1, -0.05) is 19.1 Å². The Morgan fingerprint density at radius 3 is 3.04 bits per heavy atom. The number of hydrogen-bond donors (Lipinski definition) is 1. The quantitative estimate of drug-likeness (QED) is 0.758. The highest BCUT2D eigenvalue weighted by molar-refractivity contribution is 7.19. The van der Waals surface area contributed by atoms with Gasteiger partial charge in [-0.2, -0.15) is 5.26 Å². The normalized spacial score (nSPS) is 16.8. The van der Waals surface area contributed by atoms with Crippen molar-refractivity contribution in [1.29, 1.82) is 5.26 Å². The number of aryl methyl sites for hydroxylation is 1. The molecule has 0 amide bonds. The van der Waals surface area contributed by atoms with Crippen LogP contribution in [0.5, 0.6) is 0 Å². The summed E-state index contributed by atoms with van der Waals surface area (Å²) < 4.78 is 0. The zero-order valence-corrected chi connectivity index (χ0v) is 13.7. The van der Waals surface area contributed by atoms with E-state index in [0.29, 0.717) is 11.5 Å². The van der Waals surface area contributed by atoms with Crippen LogP contribution < -0.4 is 5.32 Å². The summed E-state index contributed by atoms with van der Waals surface area (Å²) >= 11 is 1.78. The Morgan fingerprint density at radius 2 is 2.17 bits per heavy atom. The maximum Gasteiger partial charge on any atom is 0.142 e. The summed E-state index contributed by atoms with van der Waals surface area (Å²) in [6.07, 6.45) is 5.06. The number of nitriles is 1. The van der Waals surface area contributed by atoms with Gasteiger partial charge in [0.15, 0.2) is 0 Å². The van der Waals surface area contributed by atoms with Crippen molar-refractivity contribution in [3.05, 3.63) is 46.6 Å². The lowest BCUT2D eigenvalue weighted by Gasteiger charge is -2.18. The molecule has 4 rings (SSSR count). The monoisotopic (exact) mass is 320 g/mol. The van der Waals surface area contributed by atoms with Gasteiger partial charge in [0.05, 0.1) is 16.6 Å². The van der Waals surface area contributed by atoms with Crippen molar-refractivity contribution < 1.29 is 0 Å². The molecule has 5 heteroatoms. The molecule has 1 aliphatic carbocycles. The lowest BCUT2D eigenvalue weighted by atomic mass is 9.88. The Labute approximate surface area is 138 Å². The van der Waals surface area contributed by atoms with Gasteiger partial charge in [0, 0.05) is 4.88 Å². The Balaban J connectivity index is 1.85. The van der Waals surface area contributed by atoms with Crippen molar-refractivity contribution in [1.82, 2.24) is 9.97 Å². The highest BCUT2D eigenvalue weighted by Gasteiger charge is 2.23. The molecule has 0 saturated heterocycles. The molecule has 1 atom stereocenters. The first-order valence-corrected chi connectivity index (χ1v) is 8.59. The van der Waals surface area contributed by atoms with Gasteiger partial charge in [-0.3, -0.25) is 0 Å². The second-order valence-corrected chi connectivity index (χ2v) is 7.12. The number of thiophene rings is 1. The molecule has 3 aromatic rings. The van der Waals surface area contributed by atoms with Gasteiger partial charge in [0.25, 0.3) is 0 Å². The number of nitrogens with one attached hydrogen (secondary N) is 1. The number of benzene rings is 1. The van der Waals surface area contributed by atoms with E-state index >= 15 is 0 Å². The number of rotatable bonds is 2. The van der Waals surface area contributed by atoms with Crippen molar-refractivity contribution in [3.8, 4) is 6.07 Å². The number of nitrogens with zero attached hydrogens (tertiary/aromatic N) is 3. The number of fused-ring (bicyclic) bond motifs is 3. The second kappa shape index (κ2) is 5.64. The highest BCUT2D eigenvalue weighted by Crippen LogP contribution is 2.40. The zero-order chi connectivity index (χ0) is 15.8. The Morgan fingerprint density at radius 1 is 1.30 bits per heavy atom. The lowest BCUT2D eigenvalue weighted by molar-refractivity contribution is 0.508. The number of hydrogen-bond acceptors (Lipinski definition) is 5. The highest BCUT2D eigenvalue weighted by atomic mass is 32.1. The molecule has 0 radical (unpaired) electrons. The predicted octanol–water partition coefficient (Wildman–Crippen LogP) is 4.43. The third-order valence-corrected chi connectivity index (χ3v) is 5.59. The van der Waals surface area contributed by atoms with Gasteiger partial charge >= 0.3 is 0 Å². The first-order valence-electron chi connectivity index (χ1n) is 7.77. The summed E-state index contributed by atoms with van der Waals surface area (Å²) in [4.78, 5) is 11.4. The van der Waals surface area contributed by atoms with Crippen molar-refractivity contribution in [2.24, 2.45) is 5.92 Å². The van der Waals surface area contributed by atoms with Crippen LogP contribution in [0, 0.1) is 17.2 Å². The minimum Gasteiger partial charge on any atom is -0.338 e. The predicted molar refractivity (Wildman–Crippen MR) is 93.0 cm³/mol. The Kier molecular flexibility index (Phi) is 3.47. The molecule has 2 aromatic heterocycles. The van der Waals surface area contributed by atoms with E-state index in [-0.39, 0.29) is 0 Å². The van der Waals surface area contributed by atoms with E-state index in [1.54, 1.807) is 17.7 Å². The van der Waals surface area contributed by atoms with Crippen molar-refractivity contribution in [2.45, 2.75) is 26.2 Å². The first kappa shape index (κ1) is 14.2. The average Bonchev–Trinajstić information content (AvgIpc) is 2.94. The maximum atomic E-state index is 9.28. The topological polar surface area (TPSA) is 61.6 Å². The molecule has 1 unspecified atom stereocenters. The molecular weight excluding hydrogens is 304 g/mol. The fourth-order valence-corrected chi connectivity index (χ4v) is 4.38. The number of anilines is 2. The maximum absolute atomic E-state index is 9.28. The SMILES string of the molecule is CC1CCc2sc3ncnc(Nc4ccccc4C#N)c3c2C1. The van der Waals surface area contributed by atoms with E-state index < -0.39 is 0 Å². The van der Waals surface area contributed by atoms with E-state index in [9.17, 15) is 5.26 Å². The molecule has 23 heavy (non-hydrogen) atoms. The third-order valence-electron chi connectivity index (χ3n) is 4.39. The molecule has 0 spiro atoms. The van der Waals surface area contributed by atoms with Crippen LogP contribution in [0.1, 0.15) is 29.3 Å². The molecule has 4 nitrogen and oxygen atoms in total. The molecule has 114 valence electrons. The third kappa shape index (κ3) is 2.45. The summed E-state index contributed by atoms with van der Waals surface area (Å²) in [6, 6.07) is 9.74. The van der Waals surface area contributed by atoms with Gasteiger partial charge in [-0.15, -0.1) is 11.3 Å². The van der Waals surface area contributed by atoms with Gasteiger partial charge in [0.2, 0.25) is 0 Å². The molecule has 1 aromatic carbocycles. The molecule has 1 aliphatic rings. The molecular formula is C18H16N4S. The zero-order valence-electron chi connectivity index (χ0n) is 12.8. The van der Waals surface area contributed by atoms with E-state index in [1.165, 1.54) is 16.9 Å². The summed E-state index contributed by atoms with van der Waals surface area (Å²) in [5.74, 6) is 1.50. The van der Waals surface area contributed by atoms with E-state index in [1.807, 2.05) is 24.3 Å². The Bertz CT molecular complexity index is 922. The summed E-state index contributed by atoms with van der Waals surface area (Å²) in [5.41, 5.74) is 2.80. The van der Waals surface area contributed by atoms with Crippen LogP contribution in [0.4, 0.5) is 11.5 Å². The minimum atomic E-state index is 0.622.